The van der Waals surface area contributed by atoms with Crippen molar-refractivity contribution in [1.29, 1.82) is 0 Å². The van der Waals surface area contributed by atoms with Crippen LogP contribution in [0.3, 0.4) is 0 Å². The van der Waals surface area contributed by atoms with Gasteiger partial charge in [0.1, 0.15) is 5.70 Å². The zero-order valence-corrected chi connectivity index (χ0v) is 11.6. The zero-order chi connectivity index (χ0) is 15.1. The van der Waals surface area contributed by atoms with Crippen LogP contribution < -0.4 is 0 Å². The molecule has 0 bridgehead atoms. The van der Waals surface area contributed by atoms with Gasteiger partial charge in [-0.3, -0.25) is 0 Å². The van der Waals surface area contributed by atoms with E-state index in [9.17, 15) is 10.1 Å². The molecule has 0 N–H and O–H groups in total. The Morgan fingerprint density at radius 2 is 1.50 bits per heavy atom. The number of fused-ring (bicyclic) bond motifs is 2. The molecule has 2 aliphatic heterocycles. The van der Waals surface area contributed by atoms with Gasteiger partial charge in [-0.1, -0.05) is 42.5 Å². The number of nitrogens with zero attached hydrogens (tertiary/aromatic N) is 2. The molecule has 22 heavy (non-hydrogen) atoms. The van der Waals surface area contributed by atoms with Crippen molar-refractivity contribution in [2.24, 2.45) is 0 Å². The van der Waals surface area contributed by atoms with Crippen LogP contribution in [-0.2, 0) is 0 Å². The van der Waals surface area contributed by atoms with Gasteiger partial charge in [-0.2, -0.15) is 0 Å². The Morgan fingerprint density at radius 3 is 2.27 bits per heavy atom. The van der Waals surface area contributed by atoms with E-state index in [1.54, 1.807) is 12.2 Å². The lowest BCUT2D eigenvalue weighted by Gasteiger charge is -2.33. The van der Waals surface area contributed by atoms with Crippen LogP contribution in [0, 0.1) is 10.1 Å². The summed E-state index contributed by atoms with van der Waals surface area (Å²) < 4.78 is 0.762. The highest BCUT2D eigenvalue weighted by atomic mass is 16.5. The lowest BCUT2D eigenvalue weighted by molar-refractivity contribution is -0.374. The van der Waals surface area contributed by atoms with E-state index in [4.69, 9.17) is 0 Å². The standard InChI is InChI=1S/C18H12N2O2/c21-19-11-9-13-5-1-3-7-15(13)17(19)18-16-8-4-2-6-14(16)10-12-20(18)22/h1-12H. The van der Waals surface area contributed by atoms with Crippen molar-refractivity contribution >= 4 is 23.5 Å². The number of hydroxylamine groups is 2. The first-order chi connectivity index (χ1) is 10.8. The highest BCUT2D eigenvalue weighted by molar-refractivity contribution is 5.93. The molecule has 4 heteroatoms. The van der Waals surface area contributed by atoms with Crippen molar-refractivity contribution < 1.29 is 4.76 Å². The number of nitroso groups, excluding NO2 is 1. The molecule has 0 fully saturated rings. The van der Waals surface area contributed by atoms with Crippen LogP contribution in [0.5, 0.6) is 0 Å². The number of benzene rings is 2. The molecule has 2 aromatic carbocycles. The summed E-state index contributed by atoms with van der Waals surface area (Å²) in [5, 5.41) is 13.2. The molecule has 4 rings (SSSR count). The van der Waals surface area contributed by atoms with Gasteiger partial charge in [0, 0.05) is 16.5 Å². The fourth-order valence-electron chi connectivity index (χ4n) is 2.86. The molecule has 0 spiro atoms. The minimum Gasteiger partial charge on any atom is -0.754 e. The Bertz CT molecular complexity index is 878. The Labute approximate surface area is 127 Å². The van der Waals surface area contributed by atoms with Gasteiger partial charge < -0.3 is 10.3 Å². The van der Waals surface area contributed by atoms with Crippen LogP contribution in [0.15, 0.2) is 60.9 Å². The Balaban J connectivity index is 2.07. The molecule has 0 unspecified atom stereocenters. The lowest BCUT2D eigenvalue weighted by atomic mass is 9.94. The number of hydrogen-bond donors (Lipinski definition) is 0. The summed E-state index contributed by atoms with van der Waals surface area (Å²) >= 11 is 0. The minimum absolute atomic E-state index is 0.380. The maximum Gasteiger partial charge on any atom is 0.293 e. The molecule has 106 valence electrons. The Morgan fingerprint density at radius 1 is 0.864 bits per heavy atom. The predicted molar refractivity (Wildman–Crippen MR) is 86.6 cm³/mol. The molecule has 0 saturated heterocycles. The molecule has 2 heterocycles. The molecule has 4 nitrogen and oxygen atoms in total. The van der Waals surface area contributed by atoms with E-state index in [1.165, 1.54) is 12.4 Å². The first-order valence-corrected chi connectivity index (χ1v) is 6.98. The summed E-state index contributed by atoms with van der Waals surface area (Å²) in [5.41, 5.74) is 4.15. The van der Waals surface area contributed by atoms with E-state index in [0.29, 0.717) is 11.4 Å². The van der Waals surface area contributed by atoms with E-state index >= 15 is 0 Å². The Hall–Kier alpha value is -2.98. The topological polar surface area (TPSA) is 46.4 Å². The summed E-state index contributed by atoms with van der Waals surface area (Å²) in [5.74, 6) is 0. The van der Waals surface area contributed by atoms with Gasteiger partial charge in [-0.25, -0.2) is 0 Å². The summed E-state index contributed by atoms with van der Waals surface area (Å²) in [6, 6.07) is 15.1. The maximum atomic E-state index is 12.4. The molecule has 0 saturated carbocycles. The van der Waals surface area contributed by atoms with Crippen LogP contribution >= 0.6 is 0 Å². The molecule has 0 amide bonds. The Kier molecular flexibility index (Phi) is 2.77. The molecule has 0 atom stereocenters. The quantitative estimate of drug-likeness (QED) is 0.687. The van der Waals surface area contributed by atoms with Gasteiger partial charge in [0.05, 0.1) is 10.3 Å². The largest absolute Gasteiger partial charge is 0.754 e. The van der Waals surface area contributed by atoms with Crippen LogP contribution in [0.25, 0.3) is 23.5 Å². The predicted octanol–water partition coefficient (Wildman–Crippen LogP) is 4.06. The van der Waals surface area contributed by atoms with E-state index in [1.807, 2.05) is 48.5 Å². The highest BCUT2D eigenvalue weighted by Gasteiger charge is 2.31. The van der Waals surface area contributed by atoms with Gasteiger partial charge >= 0.3 is 0 Å². The molecule has 2 aliphatic rings. The fraction of sp³-hybridized carbons (Fsp3) is 0. The lowest BCUT2D eigenvalue weighted by Crippen LogP contribution is -2.18. The average Bonchev–Trinajstić information content (AvgIpc) is 2.56. The maximum absolute atomic E-state index is 12.4. The molecule has 2 aromatic rings. The number of hydrogen-bond acceptors (Lipinski definition) is 3. The molecular weight excluding hydrogens is 276 g/mol. The van der Waals surface area contributed by atoms with Crippen LogP contribution in [0.2, 0.25) is 0 Å². The molecule has 0 aliphatic carbocycles. The van der Waals surface area contributed by atoms with E-state index in [-0.39, 0.29) is 0 Å². The first kappa shape index (κ1) is 12.7. The molecular formula is C18H12N2O2. The smallest absolute Gasteiger partial charge is 0.293 e. The summed E-state index contributed by atoms with van der Waals surface area (Å²) in [7, 11) is 0. The third-order valence-corrected chi connectivity index (χ3v) is 3.88. The van der Waals surface area contributed by atoms with Gasteiger partial charge in [0.25, 0.3) is 5.70 Å². The fourth-order valence-corrected chi connectivity index (χ4v) is 2.86. The van der Waals surface area contributed by atoms with Crippen molar-refractivity contribution in [2.45, 2.75) is 0 Å². The SMILES string of the molecule is O=[N+]1C=Cc2ccccc2C1=C1c2ccccc2C=CN1[O-]. The van der Waals surface area contributed by atoms with Gasteiger partial charge in [0.2, 0.25) is 6.20 Å². The second-order valence-corrected chi connectivity index (χ2v) is 5.15. The van der Waals surface area contributed by atoms with Gasteiger partial charge in [0.15, 0.2) is 0 Å². The average molecular weight is 288 g/mol. The number of rotatable bonds is 0. The zero-order valence-electron chi connectivity index (χ0n) is 11.6. The van der Waals surface area contributed by atoms with Crippen molar-refractivity contribution in [2.75, 3.05) is 0 Å². The van der Waals surface area contributed by atoms with E-state index in [0.717, 1.165) is 32.1 Å². The van der Waals surface area contributed by atoms with Crippen molar-refractivity contribution in [3.63, 3.8) is 0 Å². The third kappa shape index (κ3) is 1.82. The summed E-state index contributed by atoms with van der Waals surface area (Å²) in [6.07, 6.45) is 6.40. The highest BCUT2D eigenvalue weighted by Crippen LogP contribution is 2.38. The second kappa shape index (κ2) is 4.79. The summed E-state index contributed by atoms with van der Waals surface area (Å²) in [6.45, 7) is 0. The van der Waals surface area contributed by atoms with Crippen molar-refractivity contribution in [3.8, 4) is 0 Å². The second-order valence-electron chi connectivity index (χ2n) is 5.15. The van der Waals surface area contributed by atoms with Crippen LogP contribution in [0.4, 0.5) is 0 Å². The summed E-state index contributed by atoms with van der Waals surface area (Å²) in [4.78, 5) is 12.4. The third-order valence-electron chi connectivity index (χ3n) is 3.88. The molecule has 0 radical (unpaired) electrons. The molecule has 0 aromatic heterocycles. The van der Waals surface area contributed by atoms with E-state index in [2.05, 4.69) is 0 Å². The van der Waals surface area contributed by atoms with Crippen LogP contribution in [0.1, 0.15) is 22.3 Å². The van der Waals surface area contributed by atoms with E-state index < -0.39 is 0 Å². The minimum atomic E-state index is 0.380. The monoisotopic (exact) mass is 288 g/mol. The van der Waals surface area contributed by atoms with Crippen molar-refractivity contribution in [3.05, 3.63) is 93.3 Å². The van der Waals surface area contributed by atoms with Crippen LogP contribution in [-0.4, -0.2) is 9.82 Å². The normalized spacial score (nSPS) is 19.1. The first-order valence-electron chi connectivity index (χ1n) is 6.98. The van der Waals surface area contributed by atoms with Gasteiger partial charge in [-0.15, -0.1) is 0 Å². The van der Waals surface area contributed by atoms with Crippen molar-refractivity contribution in [1.82, 2.24) is 5.06 Å². The van der Waals surface area contributed by atoms with Gasteiger partial charge in [-0.05, 0) is 29.5 Å².